The van der Waals surface area contributed by atoms with Gasteiger partial charge in [0.2, 0.25) is 15.9 Å². The fourth-order valence-electron chi connectivity index (χ4n) is 6.66. The van der Waals surface area contributed by atoms with Crippen molar-refractivity contribution in [1.82, 2.24) is 29.2 Å². The number of benzene rings is 1. The summed E-state index contributed by atoms with van der Waals surface area (Å²) >= 11 is 1.18. The largest absolute Gasteiger partial charge is 0.417 e. The number of rotatable bonds is 12. The summed E-state index contributed by atoms with van der Waals surface area (Å²) in [4.78, 5) is 15.8. The van der Waals surface area contributed by atoms with Gasteiger partial charge in [-0.3, -0.25) is 9.48 Å². The second-order valence-corrected chi connectivity index (χ2v) is 15.9. The van der Waals surface area contributed by atoms with Crippen LogP contribution in [0.15, 0.2) is 23.1 Å². The average Bonchev–Trinajstić information content (AvgIpc) is 3.63. The maximum atomic E-state index is 14.0. The minimum Gasteiger partial charge on any atom is -0.390 e. The molecule has 0 aliphatic carbocycles. The molecule has 1 atom stereocenters. The van der Waals surface area contributed by atoms with E-state index in [-0.39, 0.29) is 30.4 Å². The first-order chi connectivity index (χ1) is 21.8. The normalized spacial score (nSPS) is 19.8. The lowest BCUT2D eigenvalue weighted by atomic mass is 9.96. The fourth-order valence-corrected chi connectivity index (χ4v) is 8.57. The second-order valence-electron chi connectivity index (χ2n) is 12.7. The van der Waals surface area contributed by atoms with Gasteiger partial charge >= 0.3 is 6.18 Å². The Morgan fingerprint density at radius 1 is 1.11 bits per heavy atom. The molecule has 0 radical (unpaired) electrons. The number of thioether (sulfide) groups is 1. The number of aliphatic hydroxyl groups excluding tert-OH is 1. The summed E-state index contributed by atoms with van der Waals surface area (Å²) < 4.78 is 70.1. The molecule has 3 aliphatic heterocycles. The van der Waals surface area contributed by atoms with Crippen LogP contribution >= 0.6 is 11.8 Å². The maximum absolute atomic E-state index is 14.0. The number of β-amino-alcohol motifs (C(OH)–C–C–N with tert-alkyl or cyclic N) is 1. The number of aliphatic hydroxyl groups is 1. The van der Waals surface area contributed by atoms with E-state index in [1.165, 1.54) is 35.1 Å². The number of fused-ring (bicyclic) bond motifs is 1. The predicted octanol–water partition coefficient (Wildman–Crippen LogP) is 3.28. The van der Waals surface area contributed by atoms with Crippen molar-refractivity contribution in [3.63, 3.8) is 0 Å². The lowest BCUT2D eigenvalue weighted by molar-refractivity contribution is -0.139. The number of nitrogens with one attached hydrogen (secondary N) is 1. The molecular weight excluding hydrogens is 642 g/mol. The van der Waals surface area contributed by atoms with E-state index in [2.05, 4.69) is 15.1 Å². The van der Waals surface area contributed by atoms with E-state index in [4.69, 9.17) is 5.10 Å². The zero-order chi connectivity index (χ0) is 33.1. The molecule has 4 heterocycles. The van der Waals surface area contributed by atoms with E-state index in [9.17, 15) is 31.5 Å². The number of sulfonamides is 1. The second kappa shape index (κ2) is 14.9. The highest BCUT2D eigenvalue weighted by molar-refractivity contribution is 7.99. The van der Waals surface area contributed by atoms with Gasteiger partial charge in [0.25, 0.3) is 0 Å². The van der Waals surface area contributed by atoms with Crippen LogP contribution in [0.5, 0.6) is 0 Å². The summed E-state index contributed by atoms with van der Waals surface area (Å²) in [5, 5.41) is 18.8. The third kappa shape index (κ3) is 9.04. The molecule has 2 N–H and O–H groups in total. The molecule has 2 saturated heterocycles. The van der Waals surface area contributed by atoms with Gasteiger partial charge in [0, 0.05) is 73.5 Å². The van der Waals surface area contributed by atoms with E-state index < -0.39 is 27.9 Å². The molecule has 1 unspecified atom stereocenters. The van der Waals surface area contributed by atoms with Crippen molar-refractivity contribution in [2.45, 2.75) is 69.3 Å². The number of hydrogen-bond donors (Lipinski definition) is 2. The zero-order valence-corrected chi connectivity index (χ0v) is 28.2. The van der Waals surface area contributed by atoms with Gasteiger partial charge in [-0.15, -0.1) is 11.8 Å². The molecule has 256 valence electrons. The van der Waals surface area contributed by atoms with Gasteiger partial charge < -0.3 is 20.2 Å². The topological polar surface area (TPSA) is 111 Å². The zero-order valence-electron chi connectivity index (χ0n) is 26.6. The SMILES string of the molecule is CC(=O)NCC1CCN(CC(O)Cn2nc(-c3ccc(C(F)(F)F)c(SCCN4CCCC4)c3)c3c2CCN(S(C)(=O)=O)C3)CC1. The summed E-state index contributed by atoms with van der Waals surface area (Å²) in [5.74, 6) is 0.892. The first-order valence-electron chi connectivity index (χ1n) is 16.0. The number of nitrogens with zero attached hydrogens (tertiary/aromatic N) is 5. The van der Waals surface area contributed by atoms with Gasteiger partial charge in [-0.1, -0.05) is 6.07 Å². The Labute approximate surface area is 273 Å². The van der Waals surface area contributed by atoms with Crippen LogP contribution in [0.25, 0.3) is 11.3 Å². The molecule has 0 bridgehead atoms. The molecule has 1 aromatic heterocycles. The van der Waals surface area contributed by atoms with Gasteiger partial charge in [-0.2, -0.15) is 22.6 Å². The number of carbonyl (C=O) groups excluding carboxylic acids is 1. The van der Waals surface area contributed by atoms with Crippen molar-refractivity contribution < 1.29 is 31.5 Å². The van der Waals surface area contributed by atoms with Crippen molar-refractivity contribution in [2.24, 2.45) is 5.92 Å². The number of amides is 1. The van der Waals surface area contributed by atoms with E-state index >= 15 is 0 Å². The highest BCUT2D eigenvalue weighted by Crippen LogP contribution is 2.40. The predicted molar refractivity (Wildman–Crippen MR) is 172 cm³/mol. The smallest absolute Gasteiger partial charge is 0.390 e. The average molecular weight is 687 g/mol. The Balaban J connectivity index is 1.36. The van der Waals surface area contributed by atoms with E-state index in [1.54, 1.807) is 4.68 Å². The molecular formula is C31H45F3N6O4S2. The number of halogens is 3. The molecule has 2 fully saturated rings. The Morgan fingerprint density at radius 2 is 1.83 bits per heavy atom. The number of likely N-dealkylation sites (tertiary alicyclic amines) is 2. The number of piperidine rings is 1. The molecule has 5 rings (SSSR count). The van der Waals surface area contributed by atoms with Gasteiger partial charge in [0.15, 0.2) is 0 Å². The fraction of sp³-hybridized carbons (Fsp3) is 0.677. The van der Waals surface area contributed by atoms with Crippen molar-refractivity contribution in [3.8, 4) is 11.3 Å². The number of hydrogen-bond acceptors (Lipinski definition) is 8. The molecule has 3 aliphatic rings. The van der Waals surface area contributed by atoms with Crippen molar-refractivity contribution in [1.29, 1.82) is 0 Å². The first-order valence-corrected chi connectivity index (χ1v) is 18.9. The summed E-state index contributed by atoms with van der Waals surface area (Å²) in [7, 11) is -3.51. The third-order valence-electron chi connectivity index (χ3n) is 9.19. The molecule has 1 aromatic carbocycles. The summed E-state index contributed by atoms with van der Waals surface area (Å²) in [6, 6.07) is 4.05. The Morgan fingerprint density at radius 3 is 2.48 bits per heavy atom. The minimum absolute atomic E-state index is 0.0387. The van der Waals surface area contributed by atoms with Crippen LogP contribution in [-0.4, -0.2) is 114 Å². The Bertz CT molecular complexity index is 1470. The molecule has 46 heavy (non-hydrogen) atoms. The quantitative estimate of drug-likeness (QED) is 0.328. The number of alkyl halides is 3. The standard InChI is InChI=1S/C31H45F3N6O4S2/c1-22(41)35-18-23-7-12-38(13-8-23)19-25(42)20-40-28-9-14-39(46(2,43)44)21-26(28)30(36-40)24-5-6-27(31(32,33)34)29(17-24)45-16-15-37-10-3-4-11-37/h5-6,17,23,25,42H,3-4,7-16,18-21H2,1-2H3,(H,35,41). The lowest BCUT2D eigenvalue weighted by Gasteiger charge is -2.33. The highest BCUT2D eigenvalue weighted by atomic mass is 32.2. The van der Waals surface area contributed by atoms with E-state index in [0.29, 0.717) is 54.5 Å². The monoisotopic (exact) mass is 686 g/mol. The van der Waals surface area contributed by atoms with E-state index in [0.717, 1.165) is 69.9 Å². The summed E-state index contributed by atoms with van der Waals surface area (Å²) in [6.45, 7) is 7.37. The molecule has 2 aromatic rings. The van der Waals surface area contributed by atoms with Crippen LogP contribution in [0.3, 0.4) is 0 Å². The van der Waals surface area contributed by atoms with Gasteiger partial charge in [0.05, 0.1) is 30.2 Å². The molecule has 15 heteroatoms. The number of aromatic nitrogens is 2. The Kier molecular flexibility index (Phi) is 11.4. The van der Waals surface area contributed by atoms with Gasteiger partial charge in [-0.25, -0.2) is 8.42 Å². The lowest BCUT2D eigenvalue weighted by Crippen LogP contribution is -2.42. The van der Waals surface area contributed by atoms with Crippen molar-refractivity contribution >= 4 is 27.7 Å². The maximum Gasteiger partial charge on any atom is 0.417 e. The van der Waals surface area contributed by atoms with Crippen LogP contribution in [0.2, 0.25) is 0 Å². The molecule has 1 amide bonds. The van der Waals surface area contributed by atoms with Gasteiger partial charge in [0.1, 0.15) is 0 Å². The van der Waals surface area contributed by atoms with Crippen molar-refractivity contribution in [2.75, 3.05) is 64.4 Å². The Hall–Kier alpha value is -2.17. The van der Waals surface area contributed by atoms with Crippen molar-refractivity contribution in [3.05, 3.63) is 35.0 Å². The molecule has 10 nitrogen and oxygen atoms in total. The molecule has 0 spiro atoms. The highest BCUT2D eigenvalue weighted by Gasteiger charge is 2.35. The minimum atomic E-state index is -4.51. The summed E-state index contributed by atoms with van der Waals surface area (Å²) in [6.07, 6.45) is 0.333. The first kappa shape index (κ1) is 35.1. The number of carbonyl (C=O) groups is 1. The van der Waals surface area contributed by atoms with Crippen LogP contribution < -0.4 is 5.32 Å². The van der Waals surface area contributed by atoms with Crippen LogP contribution in [0, 0.1) is 5.92 Å². The van der Waals surface area contributed by atoms with Crippen LogP contribution in [0.4, 0.5) is 13.2 Å². The molecule has 0 saturated carbocycles. The van der Waals surface area contributed by atoms with Crippen LogP contribution in [0.1, 0.15) is 49.4 Å². The van der Waals surface area contributed by atoms with Gasteiger partial charge in [-0.05, 0) is 69.9 Å². The third-order valence-corrected chi connectivity index (χ3v) is 11.5. The summed E-state index contributed by atoms with van der Waals surface area (Å²) in [5.41, 5.74) is 1.72. The van der Waals surface area contributed by atoms with Crippen LogP contribution in [-0.2, 0) is 40.5 Å². The van der Waals surface area contributed by atoms with E-state index in [1.807, 2.05) is 0 Å².